The molecule has 0 saturated carbocycles. The number of benzene rings is 1. The van der Waals surface area contributed by atoms with Crippen LogP contribution in [0.2, 0.25) is 0 Å². The van der Waals surface area contributed by atoms with Gasteiger partial charge in [-0.3, -0.25) is 4.79 Å². The van der Waals surface area contributed by atoms with Gasteiger partial charge < -0.3 is 15.4 Å². The lowest BCUT2D eigenvalue weighted by Crippen LogP contribution is -2.33. The van der Waals surface area contributed by atoms with Gasteiger partial charge in [-0.05, 0) is 36.0 Å². The number of ether oxygens (including phenoxy) is 1. The van der Waals surface area contributed by atoms with Crippen molar-refractivity contribution in [3.05, 3.63) is 29.8 Å². The average Bonchev–Trinajstić information content (AvgIpc) is 2.41. The zero-order valence-corrected chi connectivity index (χ0v) is 12.3. The van der Waals surface area contributed by atoms with Gasteiger partial charge >= 0.3 is 5.51 Å². The van der Waals surface area contributed by atoms with Crippen LogP contribution in [0.25, 0.3) is 0 Å². The smallest absolute Gasteiger partial charge is 0.383 e. The molecule has 4 nitrogen and oxygen atoms in total. The number of hydrogen-bond acceptors (Lipinski definition) is 4. The fourth-order valence-electron chi connectivity index (χ4n) is 1.47. The maximum absolute atomic E-state index is 12.2. The van der Waals surface area contributed by atoms with E-state index in [0.29, 0.717) is 31.8 Å². The Morgan fingerprint density at radius 2 is 1.86 bits per heavy atom. The van der Waals surface area contributed by atoms with Gasteiger partial charge in [0.25, 0.3) is 5.91 Å². The fraction of sp³-hybridized carbons (Fsp3) is 0.462. The third-order valence-electron chi connectivity index (χ3n) is 2.42. The van der Waals surface area contributed by atoms with Crippen molar-refractivity contribution in [2.75, 3.05) is 33.4 Å². The maximum Gasteiger partial charge on any atom is 0.446 e. The highest BCUT2D eigenvalue weighted by Gasteiger charge is 2.29. The van der Waals surface area contributed by atoms with Gasteiger partial charge in [0.05, 0.1) is 6.61 Å². The molecule has 0 radical (unpaired) electrons. The molecule has 0 spiro atoms. The highest BCUT2D eigenvalue weighted by Crippen LogP contribution is 2.36. The molecule has 0 fully saturated rings. The molecular weight excluding hydrogens is 305 g/mol. The molecule has 0 aliphatic heterocycles. The van der Waals surface area contributed by atoms with E-state index in [0.717, 1.165) is 0 Å². The second-order valence-corrected chi connectivity index (χ2v) is 5.21. The quantitative estimate of drug-likeness (QED) is 0.569. The molecule has 0 bridgehead atoms. The van der Waals surface area contributed by atoms with Gasteiger partial charge in [0.1, 0.15) is 0 Å². The second kappa shape index (κ2) is 8.91. The number of thioether (sulfide) groups is 1. The van der Waals surface area contributed by atoms with Gasteiger partial charge in [0.2, 0.25) is 0 Å². The Kier molecular flexibility index (Phi) is 7.55. The minimum absolute atomic E-state index is 0.0558. The van der Waals surface area contributed by atoms with Crippen molar-refractivity contribution in [1.82, 2.24) is 10.6 Å². The van der Waals surface area contributed by atoms with Crippen LogP contribution in [0.15, 0.2) is 29.2 Å². The Balaban J connectivity index is 2.34. The standard InChI is InChI=1S/C13H17F3N2O2S/c1-20-9-8-17-6-7-18-12(19)10-2-4-11(5-3-10)21-13(14,15)16/h2-5,17H,6-9H2,1H3,(H,18,19). The van der Waals surface area contributed by atoms with Gasteiger partial charge in [-0.25, -0.2) is 0 Å². The summed E-state index contributed by atoms with van der Waals surface area (Å²) in [5, 5.41) is 5.73. The van der Waals surface area contributed by atoms with Crippen LogP contribution in [0.1, 0.15) is 10.4 Å². The number of alkyl halides is 3. The molecule has 1 aromatic rings. The van der Waals surface area contributed by atoms with Crippen molar-refractivity contribution in [2.24, 2.45) is 0 Å². The highest BCUT2D eigenvalue weighted by atomic mass is 32.2. The molecule has 1 aromatic carbocycles. The number of halogens is 3. The number of methoxy groups -OCH3 is 1. The number of rotatable bonds is 8. The zero-order chi connectivity index (χ0) is 15.7. The number of carbonyl (C=O) groups is 1. The fourth-order valence-corrected chi connectivity index (χ4v) is 2.01. The summed E-state index contributed by atoms with van der Waals surface area (Å²) in [6.07, 6.45) is 0. The first-order valence-corrected chi connectivity index (χ1v) is 7.07. The normalized spacial score (nSPS) is 11.4. The lowest BCUT2D eigenvalue weighted by Gasteiger charge is -2.08. The van der Waals surface area contributed by atoms with Crippen LogP contribution in [0, 0.1) is 0 Å². The van der Waals surface area contributed by atoms with Crippen LogP contribution >= 0.6 is 11.8 Å². The molecule has 0 aliphatic carbocycles. The van der Waals surface area contributed by atoms with E-state index in [1.165, 1.54) is 24.3 Å². The van der Waals surface area contributed by atoms with E-state index >= 15 is 0 Å². The van der Waals surface area contributed by atoms with Gasteiger partial charge in [0.15, 0.2) is 0 Å². The Morgan fingerprint density at radius 1 is 1.19 bits per heavy atom. The van der Waals surface area contributed by atoms with Crippen molar-refractivity contribution in [3.8, 4) is 0 Å². The molecule has 0 unspecified atom stereocenters. The predicted molar refractivity (Wildman–Crippen MR) is 75.4 cm³/mol. The van der Waals surface area contributed by atoms with Gasteiger partial charge in [0, 0.05) is 37.2 Å². The summed E-state index contributed by atoms with van der Waals surface area (Å²) in [6, 6.07) is 5.32. The first kappa shape index (κ1) is 17.8. The third kappa shape index (κ3) is 7.93. The van der Waals surface area contributed by atoms with E-state index in [1.54, 1.807) is 7.11 Å². The molecule has 0 aliphatic rings. The van der Waals surface area contributed by atoms with Crippen molar-refractivity contribution in [3.63, 3.8) is 0 Å². The molecule has 0 heterocycles. The Labute approximate surface area is 125 Å². The summed E-state index contributed by atoms with van der Waals surface area (Å²) in [7, 11) is 1.60. The molecule has 1 amide bonds. The van der Waals surface area contributed by atoms with Crippen LogP contribution in [0.3, 0.4) is 0 Å². The Hall–Kier alpha value is -1.25. The Morgan fingerprint density at radius 3 is 2.43 bits per heavy atom. The first-order chi connectivity index (χ1) is 9.92. The summed E-state index contributed by atoms with van der Waals surface area (Å²) >= 11 is -0.203. The SMILES string of the molecule is COCCNCCNC(=O)c1ccc(SC(F)(F)F)cc1. The van der Waals surface area contributed by atoms with Crippen LogP contribution in [0.5, 0.6) is 0 Å². The highest BCUT2D eigenvalue weighted by molar-refractivity contribution is 8.00. The summed E-state index contributed by atoms with van der Waals surface area (Å²) in [4.78, 5) is 11.8. The molecule has 2 N–H and O–H groups in total. The van der Waals surface area contributed by atoms with Gasteiger partial charge in [-0.1, -0.05) is 0 Å². The van der Waals surface area contributed by atoms with Crippen molar-refractivity contribution >= 4 is 17.7 Å². The van der Waals surface area contributed by atoms with Crippen molar-refractivity contribution in [2.45, 2.75) is 10.4 Å². The topological polar surface area (TPSA) is 50.4 Å². The van der Waals surface area contributed by atoms with Crippen LogP contribution in [0.4, 0.5) is 13.2 Å². The van der Waals surface area contributed by atoms with E-state index in [1.807, 2.05) is 0 Å². The molecule has 0 saturated heterocycles. The van der Waals surface area contributed by atoms with Gasteiger partial charge in [-0.15, -0.1) is 0 Å². The maximum atomic E-state index is 12.2. The van der Waals surface area contributed by atoms with Gasteiger partial charge in [-0.2, -0.15) is 13.2 Å². The van der Waals surface area contributed by atoms with Crippen molar-refractivity contribution < 1.29 is 22.7 Å². The van der Waals surface area contributed by atoms with E-state index in [9.17, 15) is 18.0 Å². The van der Waals surface area contributed by atoms with Crippen LogP contribution in [-0.2, 0) is 4.74 Å². The molecule has 118 valence electrons. The molecule has 0 atom stereocenters. The van der Waals surface area contributed by atoms with E-state index in [4.69, 9.17) is 4.74 Å². The minimum atomic E-state index is -4.32. The van der Waals surface area contributed by atoms with E-state index in [-0.39, 0.29) is 22.6 Å². The first-order valence-electron chi connectivity index (χ1n) is 6.26. The summed E-state index contributed by atoms with van der Waals surface area (Å²) in [5.41, 5.74) is -3.99. The summed E-state index contributed by atoms with van der Waals surface area (Å²) < 4.78 is 41.3. The molecule has 8 heteroatoms. The lowest BCUT2D eigenvalue weighted by molar-refractivity contribution is -0.0328. The second-order valence-electron chi connectivity index (χ2n) is 4.07. The van der Waals surface area contributed by atoms with Crippen LogP contribution in [-0.4, -0.2) is 44.8 Å². The molecule has 21 heavy (non-hydrogen) atoms. The minimum Gasteiger partial charge on any atom is -0.383 e. The zero-order valence-electron chi connectivity index (χ0n) is 11.5. The third-order valence-corrected chi connectivity index (χ3v) is 3.16. The van der Waals surface area contributed by atoms with Crippen LogP contribution < -0.4 is 10.6 Å². The Bertz CT molecular complexity index is 438. The summed E-state index contributed by atoms with van der Waals surface area (Å²) in [6.45, 7) is 2.31. The van der Waals surface area contributed by atoms with E-state index in [2.05, 4.69) is 10.6 Å². The molecule has 1 rings (SSSR count). The lowest BCUT2D eigenvalue weighted by atomic mass is 10.2. The summed E-state index contributed by atoms with van der Waals surface area (Å²) in [5.74, 6) is -0.313. The van der Waals surface area contributed by atoms with Crippen molar-refractivity contribution in [1.29, 1.82) is 0 Å². The predicted octanol–water partition coefficient (Wildman–Crippen LogP) is 2.26. The molecule has 0 aromatic heterocycles. The number of carbonyl (C=O) groups excluding carboxylic acids is 1. The van der Waals surface area contributed by atoms with E-state index < -0.39 is 5.51 Å². The largest absolute Gasteiger partial charge is 0.446 e. The number of nitrogens with one attached hydrogen (secondary N) is 2. The molecular formula is C13H17F3N2O2S. The monoisotopic (exact) mass is 322 g/mol. The average molecular weight is 322 g/mol. The number of amides is 1. The number of hydrogen-bond donors (Lipinski definition) is 2.